The van der Waals surface area contributed by atoms with Crippen molar-refractivity contribution in [2.45, 2.75) is 5.16 Å². The Labute approximate surface area is 159 Å². The Balaban J connectivity index is 1.50. The number of nitrogens with zero attached hydrogens (tertiary/aromatic N) is 3. The van der Waals surface area contributed by atoms with Gasteiger partial charge in [0.2, 0.25) is 5.82 Å². The van der Waals surface area contributed by atoms with Gasteiger partial charge in [-0.2, -0.15) is 0 Å². The molecule has 7 heteroatoms. The highest BCUT2D eigenvalue weighted by molar-refractivity contribution is 7.99. The molecule has 0 aliphatic rings. The third-order valence-corrected chi connectivity index (χ3v) is 4.68. The Morgan fingerprint density at radius 2 is 1.78 bits per heavy atom. The Morgan fingerprint density at radius 3 is 2.52 bits per heavy atom. The maximum atomic E-state index is 12.9. The van der Waals surface area contributed by atoms with E-state index in [4.69, 9.17) is 9.15 Å². The minimum absolute atomic E-state index is 0.279. The molecule has 2 heterocycles. The molecular formula is C20H16FN3O2S. The van der Waals surface area contributed by atoms with Crippen molar-refractivity contribution in [3.63, 3.8) is 0 Å². The molecule has 5 nitrogen and oxygen atoms in total. The van der Waals surface area contributed by atoms with Crippen molar-refractivity contribution in [3.05, 3.63) is 78.8 Å². The van der Waals surface area contributed by atoms with E-state index in [-0.39, 0.29) is 5.82 Å². The van der Waals surface area contributed by atoms with Gasteiger partial charge in [-0.25, -0.2) is 4.39 Å². The van der Waals surface area contributed by atoms with Gasteiger partial charge in [-0.15, -0.1) is 10.2 Å². The molecule has 0 N–H and O–H groups in total. The smallest absolute Gasteiger partial charge is 0.205 e. The van der Waals surface area contributed by atoms with Crippen LogP contribution in [0.25, 0.3) is 17.3 Å². The average molecular weight is 381 g/mol. The van der Waals surface area contributed by atoms with Crippen LogP contribution < -0.4 is 4.74 Å². The summed E-state index contributed by atoms with van der Waals surface area (Å²) in [6.45, 7) is 0.466. The first-order valence-corrected chi connectivity index (χ1v) is 9.36. The van der Waals surface area contributed by atoms with E-state index in [9.17, 15) is 4.39 Å². The Hall–Kier alpha value is -3.06. The molecule has 0 radical (unpaired) electrons. The second-order valence-electron chi connectivity index (χ2n) is 5.61. The molecule has 0 fully saturated rings. The molecule has 27 heavy (non-hydrogen) atoms. The summed E-state index contributed by atoms with van der Waals surface area (Å²) in [6, 6.07) is 19.5. The Morgan fingerprint density at radius 1 is 0.963 bits per heavy atom. The number of hydrogen-bond acceptors (Lipinski definition) is 5. The maximum absolute atomic E-state index is 12.9. The summed E-state index contributed by atoms with van der Waals surface area (Å²) in [7, 11) is 0. The van der Waals surface area contributed by atoms with E-state index in [1.165, 1.54) is 23.9 Å². The summed E-state index contributed by atoms with van der Waals surface area (Å²) in [5.74, 6) is 2.32. The summed E-state index contributed by atoms with van der Waals surface area (Å²) < 4.78 is 26.0. The number of rotatable bonds is 7. The van der Waals surface area contributed by atoms with Crippen LogP contribution in [-0.4, -0.2) is 27.1 Å². The van der Waals surface area contributed by atoms with E-state index in [2.05, 4.69) is 10.2 Å². The number of para-hydroxylation sites is 1. The second kappa shape index (κ2) is 8.09. The third-order valence-electron chi connectivity index (χ3n) is 3.79. The highest BCUT2D eigenvalue weighted by Crippen LogP contribution is 2.28. The van der Waals surface area contributed by atoms with E-state index >= 15 is 0 Å². The SMILES string of the molecule is Fc1ccc(OCCSc2nnc(-c3ccco3)n2-c2ccccc2)cc1. The van der Waals surface area contributed by atoms with E-state index in [1.807, 2.05) is 47.0 Å². The number of hydrogen-bond donors (Lipinski definition) is 0. The first-order chi connectivity index (χ1) is 13.3. The molecule has 0 unspecified atom stereocenters. The van der Waals surface area contributed by atoms with Crippen LogP contribution in [0.15, 0.2) is 82.6 Å². The number of furan rings is 1. The van der Waals surface area contributed by atoms with Gasteiger partial charge in [-0.3, -0.25) is 4.57 Å². The van der Waals surface area contributed by atoms with Crippen molar-refractivity contribution >= 4 is 11.8 Å². The quantitative estimate of drug-likeness (QED) is 0.339. The lowest BCUT2D eigenvalue weighted by atomic mass is 10.3. The largest absolute Gasteiger partial charge is 0.493 e. The van der Waals surface area contributed by atoms with Crippen molar-refractivity contribution in [3.8, 4) is 23.0 Å². The predicted molar refractivity (Wildman–Crippen MR) is 102 cm³/mol. The highest BCUT2D eigenvalue weighted by Gasteiger charge is 2.17. The van der Waals surface area contributed by atoms with Gasteiger partial charge in [-0.1, -0.05) is 30.0 Å². The minimum atomic E-state index is -0.279. The molecule has 0 atom stereocenters. The van der Waals surface area contributed by atoms with Crippen LogP contribution in [0.1, 0.15) is 0 Å². The molecule has 0 amide bonds. The van der Waals surface area contributed by atoms with Crippen LogP contribution in [0.2, 0.25) is 0 Å². The van der Waals surface area contributed by atoms with Gasteiger partial charge in [-0.05, 0) is 48.5 Å². The lowest BCUT2D eigenvalue weighted by Crippen LogP contribution is -2.03. The van der Waals surface area contributed by atoms with Gasteiger partial charge < -0.3 is 9.15 Å². The highest BCUT2D eigenvalue weighted by atomic mass is 32.2. The standard InChI is InChI=1S/C20H16FN3O2S/c21-15-8-10-17(11-9-15)25-13-14-27-20-23-22-19(18-7-4-12-26-18)24(20)16-5-2-1-3-6-16/h1-12H,13-14H2. The first-order valence-electron chi connectivity index (χ1n) is 8.37. The number of aromatic nitrogens is 3. The number of ether oxygens (including phenoxy) is 1. The van der Waals surface area contributed by atoms with Crippen LogP contribution in [-0.2, 0) is 0 Å². The van der Waals surface area contributed by atoms with Gasteiger partial charge in [0.15, 0.2) is 10.9 Å². The molecule has 4 rings (SSSR count). The zero-order valence-electron chi connectivity index (χ0n) is 14.3. The maximum Gasteiger partial charge on any atom is 0.205 e. The van der Waals surface area contributed by atoms with Crippen LogP contribution in [0.4, 0.5) is 4.39 Å². The van der Waals surface area contributed by atoms with Gasteiger partial charge in [0.1, 0.15) is 11.6 Å². The molecule has 0 saturated heterocycles. The van der Waals surface area contributed by atoms with E-state index < -0.39 is 0 Å². The van der Waals surface area contributed by atoms with Crippen molar-refractivity contribution in [2.75, 3.05) is 12.4 Å². The molecule has 136 valence electrons. The topological polar surface area (TPSA) is 53.1 Å². The fraction of sp³-hybridized carbons (Fsp3) is 0.100. The summed E-state index contributed by atoms with van der Waals surface area (Å²) >= 11 is 1.53. The molecule has 0 bridgehead atoms. The molecule has 0 aliphatic heterocycles. The fourth-order valence-corrected chi connectivity index (χ4v) is 3.33. The summed E-state index contributed by atoms with van der Waals surface area (Å²) in [6.07, 6.45) is 1.61. The molecule has 2 aromatic heterocycles. The third kappa shape index (κ3) is 4.03. The lowest BCUT2D eigenvalue weighted by molar-refractivity contribution is 0.343. The van der Waals surface area contributed by atoms with Gasteiger partial charge in [0.05, 0.1) is 12.9 Å². The van der Waals surface area contributed by atoms with Crippen LogP contribution in [0.5, 0.6) is 5.75 Å². The number of halogens is 1. The predicted octanol–water partition coefficient (Wildman–Crippen LogP) is 4.84. The number of thioether (sulfide) groups is 1. The van der Waals surface area contributed by atoms with Crippen molar-refractivity contribution in [1.29, 1.82) is 0 Å². The Kier molecular flexibility index (Phi) is 5.20. The minimum Gasteiger partial charge on any atom is -0.493 e. The molecular weight excluding hydrogens is 365 g/mol. The zero-order valence-corrected chi connectivity index (χ0v) is 15.1. The monoisotopic (exact) mass is 381 g/mol. The molecule has 0 spiro atoms. The fourth-order valence-electron chi connectivity index (χ4n) is 2.56. The average Bonchev–Trinajstić information content (AvgIpc) is 3.37. The molecule has 4 aromatic rings. The molecule has 0 saturated carbocycles. The Bertz CT molecular complexity index is 986. The normalized spacial score (nSPS) is 10.9. The second-order valence-corrected chi connectivity index (χ2v) is 6.67. The van der Waals surface area contributed by atoms with Gasteiger partial charge in [0.25, 0.3) is 0 Å². The summed E-state index contributed by atoms with van der Waals surface area (Å²) in [4.78, 5) is 0. The van der Waals surface area contributed by atoms with Crippen LogP contribution >= 0.6 is 11.8 Å². The van der Waals surface area contributed by atoms with Crippen LogP contribution in [0, 0.1) is 5.82 Å². The number of benzene rings is 2. The zero-order chi connectivity index (χ0) is 18.5. The van der Waals surface area contributed by atoms with E-state index in [0.29, 0.717) is 29.7 Å². The summed E-state index contributed by atoms with van der Waals surface area (Å²) in [5, 5.41) is 9.36. The lowest BCUT2D eigenvalue weighted by Gasteiger charge is -2.09. The molecule has 0 aliphatic carbocycles. The van der Waals surface area contributed by atoms with Crippen LogP contribution in [0.3, 0.4) is 0 Å². The van der Waals surface area contributed by atoms with E-state index in [0.717, 1.165) is 10.8 Å². The van der Waals surface area contributed by atoms with Crippen molar-refractivity contribution in [2.24, 2.45) is 0 Å². The summed E-state index contributed by atoms with van der Waals surface area (Å²) in [5.41, 5.74) is 0.954. The van der Waals surface area contributed by atoms with Crippen molar-refractivity contribution in [1.82, 2.24) is 14.8 Å². The van der Waals surface area contributed by atoms with Crippen molar-refractivity contribution < 1.29 is 13.5 Å². The van der Waals surface area contributed by atoms with Gasteiger partial charge >= 0.3 is 0 Å². The molecule has 2 aromatic carbocycles. The van der Waals surface area contributed by atoms with Gasteiger partial charge in [0, 0.05) is 11.4 Å². The first kappa shape index (κ1) is 17.4. The van der Waals surface area contributed by atoms with E-state index in [1.54, 1.807) is 18.4 Å².